The number of pyridine rings is 1. The lowest BCUT2D eigenvalue weighted by Crippen LogP contribution is -2.35. The number of carbonyl (C=O) groups is 1. The second kappa shape index (κ2) is 6.22. The molecule has 0 unspecified atom stereocenters. The number of nitrogens with zero attached hydrogens (tertiary/aromatic N) is 4. The van der Waals surface area contributed by atoms with E-state index in [-0.39, 0.29) is 5.91 Å². The van der Waals surface area contributed by atoms with Crippen molar-refractivity contribution in [1.29, 1.82) is 0 Å². The number of ether oxygens (including phenoxy) is 1. The molecule has 0 spiro atoms. The highest BCUT2D eigenvalue weighted by Gasteiger charge is 2.26. The number of aromatic nitrogens is 2. The predicted octanol–water partition coefficient (Wildman–Crippen LogP) is 2.44. The van der Waals surface area contributed by atoms with Gasteiger partial charge in [-0.05, 0) is 30.8 Å². The number of methoxy groups -OCH3 is 1. The summed E-state index contributed by atoms with van der Waals surface area (Å²) in [5.74, 6) is 0.589. The number of benzene rings is 1. The van der Waals surface area contributed by atoms with E-state index in [0.29, 0.717) is 23.4 Å². The summed E-state index contributed by atoms with van der Waals surface area (Å²) < 4.78 is 7.12. The Morgan fingerprint density at radius 1 is 1.16 bits per heavy atom. The van der Waals surface area contributed by atoms with Crippen LogP contribution in [-0.4, -0.2) is 47.7 Å². The van der Waals surface area contributed by atoms with Gasteiger partial charge >= 0.3 is 0 Å². The van der Waals surface area contributed by atoms with E-state index in [9.17, 15) is 4.79 Å². The molecule has 0 saturated heterocycles. The number of carbonyl (C=O) groups excluding carboxylic acids is 1. The predicted molar refractivity (Wildman–Crippen MR) is 96.2 cm³/mol. The van der Waals surface area contributed by atoms with Gasteiger partial charge in [-0.2, -0.15) is 5.10 Å². The molecular formula is C19H20N4O2. The lowest BCUT2D eigenvalue weighted by atomic mass is 10.1. The largest absolute Gasteiger partial charge is 0.494 e. The summed E-state index contributed by atoms with van der Waals surface area (Å²) in [5.41, 5.74) is 3.37. The van der Waals surface area contributed by atoms with Crippen LogP contribution in [0, 0.1) is 0 Å². The van der Waals surface area contributed by atoms with Crippen LogP contribution in [0.25, 0.3) is 5.52 Å². The molecule has 1 amide bonds. The molecule has 0 radical (unpaired) electrons. The van der Waals surface area contributed by atoms with Crippen molar-refractivity contribution in [3.05, 3.63) is 59.9 Å². The Hall–Kier alpha value is -2.86. The van der Waals surface area contributed by atoms with Crippen molar-refractivity contribution in [2.24, 2.45) is 0 Å². The number of likely N-dealkylation sites (N-methyl/N-ethyl adjacent to an activating group) is 1. The second-order valence-corrected chi connectivity index (χ2v) is 6.25. The number of hydrogen-bond donors (Lipinski definition) is 0. The van der Waals surface area contributed by atoms with Gasteiger partial charge in [0.05, 0.1) is 18.9 Å². The van der Waals surface area contributed by atoms with E-state index in [1.165, 1.54) is 0 Å². The zero-order chi connectivity index (χ0) is 17.4. The Kier molecular flexibility index (Phi) is 3.89. The lowest BCUT2D eigenvalue weighted by Gasteiger charge is -2.22. The zero-order valence-electron chi connectivity index (χ0n) is 14.3. The van der Waals surface area contributed by atoms with Crippen LogP contribution >= 0.6 is 0 Å². The van der Waals surface area contributed by atoms with E-state index < -0.39 is 0 Å². The molecule has 0 bridgehead atoms. The first-order chi connectivity index (χ1) is 12.2. The monoisotopic (exact) mass is 336 g/mol. The van der Waals surface area contributed by atoms with Crippen molar-refractivity contribution in [3.63, 3.8) is 0 Å². The van der Waals surface area contributed by atoms with Gasteiger partial charge in [0.2, 0.25) is 0 Å². The van der Waals surface area contributed by atoms with Crippen LogP contribution in [0.1, 0.15) is 15.9 Å². The van der Waals surface area contributed by atoms with Gasteiger partial charge in [-0.3, -0.25) is 4.79 Å². The molecule has 25 heavy (non-hydrogen) atoms. The molecule has 2 aromatic heterocycles. The molecule has 0 aliphatic carbocycles. The average molecular weight is 336 g/mol. The second-order valence-electron chi connectivity index (χ2n) is 6.25. The first-order valence-electron chi connectivity index (χ1n) is 8.27. The topological polar surface area (TPSA) is 50.1 Å². The molecule has 6 heteroatoms. The van der Waals surface area contributed by atoms with Crippen molar-refractivity contribution in [2.45, 2.75) is 6.54 Å². The van der Waals surface area contributed by atoms with Crippen molar-refractivity contribution in [1.82, 2.24) is 14.5 Å². The third-order valence-corrected chi connectivity index (χ3v) is 4.63. The maximum absolute atomic E-state index is 13.4. The summed E-state index contributed by atoms with van der Waals surface area (Å²) in [6, 6.07) is 11.8. The molecule has 0 atom stereocenters. The standard InChI is InChI=1S/C19H20N4O2/c1-21-10-11-22(16-7-4-3-6-14(16)13-21)19(24)15-12-20-23-9-5-8-17(25-2)18(15)23/h3-9,12H,10-11,13H2,1-2H3. The minimum Gasteiger partial charge on any atom is -0.494 e. The molecule has 1 aliphatic rings. The van der Waals surface area contributed by atoms with Crippen LogP contribution in [-0.2, 0) is 6.54 Å². The van der Waals surface area contributed by atoms with Crippen molar-refractivity contribution >= 4 is 17.1 Å². The average Bonchev–Trinajstić information content (AvgIpc) is 2.99. The number of rotatable bonds is 2. The Balaban J connectivity index is 1.82. The SMILES string of the molecule is COc1cccn2ncc(C(=O)N3CCN(C)Cc4ccccc43)c12. The zero-order valence-corrected chi connectivity index (χ0v) is 14.3. The summed E-state index contributed by atoms with van der Waals surface area (Å²) in [6.45, 7) is 2.29. The quantitative estimate of drug-likeness (QED) is 0.721. The lowest BCUT2D eigenvalue weighted by molar-refractivity contribution is 0.0987. The van der Waals surface area contributed by atoms with Gasteiger partial charge in [0.25, 0.3) is 5.91 Å². The molecule has 0 N–H and O–H groups in total. The van der Waals surface area contributed by atoms with Gasteiger partial charge in [0, 0.05) is 31.5 Å². The summed E-state index contributed by atoms with van der Waals surface area (Å²) >= 11 is 0. The normalized spacial score (nSPS) is 15.0. The maximum atomic E-state index is 13.4. The summed E-state index contributed by atoms with van der Waals surface area (Å²) in [7, 11) is 3.68. The fourth-order valence-electron chi connectivity index (χ4n) is 3.36. The van der Waals surface area contributed by atoms with Gasteiger partial charge in [-0.1, -0.05) is 18.2 Å². The summed E-state index contributed by atoms with van der Waals surface area (Å²) in [6.07, 6.45) is 3.44. The molecule has 128 valence electrons. The minimum atomic E-state index is -0.0535. The van der Waals surface area contributed by atoms with Crippen molar-refractivity contribution < 1.29 is 9.53 Å². The highest BCUT2D eigenvalue weighted by molar-refractivity contribution is 6.11. The van der Waals surface area contributed by atoms with Gasteiger partial charge in [0.1, 0.15) is 11.3 Å². The van der Waals surface area contributed by atoms with E-state index in [4.69, 9.17) is 4.74 Å². The summed E-state index contributed by atoms with van der Waals surface area (Å²) in [4.78, 5) is 17.4. The molecule has 0 fully saturated rings. The number of amides is 1. The van der Waals surface area contributed by atoms with Crippen LogP contribution in [0.2, 0.25) is 0 Å². The number of fused-ring (bicyclic) bond motifs is 2. The van der Waals surface area contributed by atoms with E-state index in [2.05, 4.69) is 23.1 Å². The van der Waals surface area contributed by atoms with Crippen LogP contribution in [0.4, 0.5) is 5.69 Å². The Bertz CT molecular complexity index is 934. The van der Waals surface area contributed by atoms with Crippen LogP contribution in [0.5, 0.6) is 5.75 Å². The molecular weight excluding hydrogens is 316 g/mol. The number of para-hydroxylation sites is 1. The maximum Gasteiger partial charge on any atom is 0.262 e. The van der Waals surface area contributed by atoms with Crippen molar-refractivity contribution in [2.75, 3.05) is 32.1 Å². The first kappa shape index (κ1) is 15.7. The highest BCUT2D eigenvalue weighted by atomic mass is 16.5. The highest BCUT2D eigenvalue weighted by Crippen LogP contribution is 2.29. The van der Waals surface area contributed by atoms with Crippen molar-refractivity contribution in [3.8, 4) is 5.75 Å². The Labute approximate surface area is 146 Å². The first-order valence-corrected chi connectivity index (χ1v) is 8.27. The molecule has 3 heterocycles. The minimum absolute atomic E-state index is 0.0535. The summed E-state index contributed by atoms with van der Waals surface area (Å²) in [5, 5.41) is 4.32. The fraction of sp³-hybridized carbons (Fsp3) is 0.263. The van der Waals surface area contributed by atoms with Gasteiger partial charge in [-0.25, -0.2) is 4.52 Å². The van der Waals surface area contributed by atoms with E-state index in [1.54, 1.807) is 17.8 Å². The smallest absolute Gasteiger partial charge is 0.262 e. The van der Waals surface area contributed by atoms with Gasteiger partial charge < -0.3 is 14.5 Å². The van der Waals surface area contributed by atoms with Gasteiger partial charge in [-0.15, -0.1) is 0 Å². The molecule has 1 aromatic carbocycles. The van der Waals surface area contributed by atoms with Gasteiger partial charge in [0.15, 0.2) is 0 Å². The third kappa shape index (κ3) is 2.64. The Morgan fingerprint density at radius 2 is 2.00 bits per heavy atom. The van der Waals surface area contributed by atoms with E-state index >= 15 is 0 Å². The number of hydrogen-bond acceptors (Lipinski definition) is 4. The van der Waals surface area contributed by atoms with E-state index in [0.717, 1.165) is 24.3 Å². The third-order valence-electron chi connectivity index (χ3n) is 4.63. The molecule has 4 rings (SSSR count). The molecule has 1 aliphatic heterocycles. The van der Waals surface area contributed by atoms with Crippen LogP contribution in [0.3, 0.4) is 0 Å². The number of anilines is 1. The fourth-order valence-corrected chi connectivity index (χ4v) is 3.36. The van der Waals surface area contributed by atoms with Crippen LogP contribution < -0.4 is 9.64 Å². The molecule has 6 nitrogen and oxygen atoms in total. The van der Waals surface area contributed by atoms with Crippen LogP contribution in [0.15, 0.2) is 48.8 Å². The molecule has 0 saturated carbocycles. The van der Waals surface area contributed by atoms with E-state index in [1.807, 2.05) is 41.4 Å². The Morgan fingerprint density at radius 3 is 2.84 bits per heavy atom. The molecule has 3 aromatic rings.